The summed E-state index contributed by atoms with van der Waals surface area (Å²) >= 11 is 0. The number of hydrogen-bond acceptors (Lipinski definition) is 3. The fourth-order valence-corrected chi connectivity index (χ4v) is 4.82. The third-order valence-electron chi connectivity index (χ3n) is 6.32. The molecule has 2 aliphatic heterocycles. The second-order valence-corrected chi connectivity index (χ2v) is 7.81. The highest BCUT2D eigenvalue weighted by Gasteiger charge is 2.53. The molecule has 0 aromatic heterocycles. The first-order valence-corrected chi connectivity index (χ1v) is 9.69. The Hall–Kier alpha value is -2.17. The van der Waals surface area contributed by atoms with E-state index in [9.17, 15) is 4.79 Å². The number of piperidine rings is 1. The Balaban J connectivity index is 1.31. The fourth-order valence-electron chi connectivity index (χ4n) is 4.82. The van der Waals surface area contributed by atoms with Crippen molar-refractivity contribution in [2.45, 2.75) is 0 Å². The van der Waals surface area contributed by atoms with Crippen LogP contribution in [-0.4, -0.2) is 50.1 Å². The predicted molar refractivity (Wildman–Crippen MR) is 104 cm³/mol. The highest BCUT2D eigenvalue weighted by atomic mass is 16.2. The van der Waals surface area contributed by atoms with Crippen molar-refractivity contribution in [2.24, 2.45) is 17.8 Å². The Morgan fingerprint density at radius 3 is 2.42 bits per heavy atom. The molecule has 0 spiro atoms. The topological polar surface area (TPSA) is 35.6 Å². The number of carbonyl (C=O) groups excluding carboxylic acids is 1. The van der Waals surface area contributed by atoms with Gasteiger partial charge in [-0.2, -0.15) is 0 Å². The third-order valence-corrected chi connectivity index (χ3v) is 6.32. The van der Waals surface area contributed by atoms with E-state index in [1.54, 1.807) is 0 Å². The number of nitrogens with zero attached hydrogens (tertiary/aromatic N) is 2. The van der Waals surface area contributed by atoms with Gasteiger partial charge in [0.2, 0.25) is 5.91 Å². The zero-order valence-corrected chi connectivity index (χ0v) is 15.0. The van der Waals surface area contributed by atoms with E-state index in [0.717, 1.165) is 54.2 Å². The number of hydrogen-bond donors (Lipinski definition) is 1. The summed E-state index contributed by atoms with van der Waals surface area (Å²) in [6.45, 7) is 5.74. The molecule has 1 N–H and O–H groups in total. The van der Waals surface area contributed by atoms with E-state index >= 15 is 0 Å². The Morgan fingerprint density at radius 2 is 1.65 bits per heavy atom. The molecule has 4 nitrogen and oxygen atoms in total. The quantitative estimate of drug-likeness (QED) is 0.923. The Kier molecular flexibility index (Phi) is 4.03. The van der Waals surface area contributed by atoms with Gasteiger partial charge in [-0.1, -0.05) is 48.5 Å². The van der Waals surface area contributed by atoms with Gasteiger partial charge in [-0.05, 0) is 42.5 Å². The van der Waals surface area contributed by atoms with Gasteiger partial charge in [0.05, 0.1) is 12.2 Å². The van der Waals surface area contributed by atoms with Crippen molar-refractivity contribution in [3.63, 3.8) is 0 Å². The van der Waals surface area contributed by atoms with E-state index in [-0.39, 0.29) is 5.91 Å². The summed E-state index contributed by atoms with van der Waals surface area (Å²) < 4.78 is 0. The minimum Gasteiger partial charge on any atom is -0.316 e. The number of para-hydroxylation sites is 1. The molecule has 1 saturated carbocycles. The summed E-state index contributed by atoms with van der Waals surface area (Å²) in [5.74, 6) is 2.76. The maximum absolute atomic E-state index is 12.9. The summed E-state index contributed by atoms with van der Waals surface area (Å²) in [4.78, 5) is 17.3. The van der Waals surface area contributed by atoms with E-state index in [2.05, 4.69) is 34.5 Å². The Morgan fingerprint density at radius 1 is 0.923 bits per heavy atom. The van der Waals surface area contributed by atoms with Gasteiger partial charge in [0.1, 0.15) is 0 Å². The lowest BCUT2D eigenvalue weighted by atomic mass is 10.0. The van der Waals surface area contributed by atoms with Gasteiger partial charge in [0.15, 0.2) is 0 Å². The highest BCUT2D eigenvalue weighted by molar-refractivity contribution is 5.99. The predicted octanol–water partition coefficient (Wildman–Crippen LogP) is 2.47. The number of anilines is 1. The van der Waals surface area contributed by atoms with Crippen LogP contribution in [0.5, 0.6) is 0 Å². The van der Waals surface area contributed by atoms with Gasteiger partial charge >= 0.3 is 0 Å². The van der Waals surface area contributed by atoms with Gasteiger partial charge in [0, 0.05) is 25.2 Å². The molecule has 1 unspecified atom stereocenters. The maximum Gasteiger partial charge on any atom is 0.241 e. The normalized spacial score (nSPS) is 28.2. The Labute approximate surface area is 154 Å². The first kappa shape index (κ1) is 16.0. The first-order chi connectivity index (χ1) is 12.8. The molecule has 2 saturated heterocycles. The monoisotopic (exact) mass is 347 g/mol. The van der Waals surface area contributed by atoms with Crippen LogP contribution in [0.2, 0.25) is 0 Å². The number of nitrogens with one attached hydrogen (secondary N) is 1. The van der Waals surface area contributed by atoms with Crippen molar-refractivity contribution < 1.29 is 4.79 Å². The van der Waals surface area contributed by atoms with Crippen LogP contribution >= 0.6 is 0 Å². The summed E-state index contributed by atoms with van der Waals surface area (Å²) in [5, 5.41) is 3.45. The molecule has 3 aliphatic rings. The minimum atomic E-state index is 0.226. The summed E-state index contributed by atoms with van der Waals surface area (Å²) in [6.07, 6.45) is 0. The number of fused-ring (bicyclic) bond motifs is 1. The molecule has 2 heterocycles. The van der Waals surface area contributed by atoms with E-state index in [1.165, 1.54) is 13.1 Å². The van der Waals surface area contributed by atoms with Gasteiger partial charge in [-0.25, -0.2) is 0 Å². The number of carbonyl (C=O) groups is 1. The molecule has 3 atom stereocenters. The standard InChI is InChI=1S/C22H25N3O/c26-22-15-24(14-20-18-12-23-13-19(18)20)10-11-25(22)21-9-5-4-8-17(21)16-6-2-1-3-7-16/h1-9,18-20,23H,10-15H2/t18-,19+,20?. The lowest BCUT2D eigenvalue weighted by molar-refractivity contribution is -0.121. The summed E-state index contributed by atoms with van der Waals surface area (Å²) in [7, 11) is 0. The highest BCUT2D eigenvalue weighted by Crippen LogP contribution is 2.49. The SMILES string of the molecule is O=C1CN(CC2[C@H]3CNC[C@@H]23)CCN1c1ccccc1-c1ccccc1. The molecule has 0 radical (unpaired) electrons. The maximum atomic E-state index is 12.9. The lowest BCUT2D eigenvalue weighted by Crippen LogP contribution is -2.51. The third kappa shape index (κ3) is 2.83. The molecule has 134 valence electrons. The zero-order valence-electron chi connectivity index (χ0n) is 15.0. The average Bonchev–Trinajstić information content (AvgIpc) is 3.10. The van der Waals surface area contributed by atoms with Crippen molar-refractivity contribution in [3.8, 4) is 11.1 Å². The number of piperazine rings is 1. The first-order valence-electron chi connectivity index (χ1n) is 9.69. The average molecular weight is 347 g/mol. The molecule has 26 heavy (non-hydrogen) atoms. The molecule has 4 heteroatoms. The van der Waals surface area contributed by atoms with Crippen molar-refractivity contribution in [2.75, 3.05) is 44.2 Å². The van der Waals surface area contributed by atoms with E-state index in [1.807, 2.05) is 35.2 Å². The van der Waals surface area contributed by atoms with Crippen molar-refractivity contribution >= 4 is 11.6 Å². The largest absolute Gasteiger partial charge is 0.316 e. The second-order valence-electron chi connectivity index (χ2n) is 7.81. The van der Waals surface area contributed by atoms with Crippen LogP contribution in [-0.2, 0) is 4.79 Å². The van der Waals surface area contributed by atoms with Crippen LogP contribution < -0.4 is 10.2 Å². The van der Waals surface area contributed by atoms with E-state index in [0.29, 0.717) is 6.54 Å². The molecule has 1 amide bonds. The molecule has 3 fully saturated rings. The van der Waals surface area contributed by atoms with Crippen LogP contribution in [0, 0.1) is 17.8 Å². The number of rotatable bonds is 4. The number of amides is 1. The molecule has 1 aliphatic carbocycles. The summed E-state index contributed by atoms with van der Waals surface area (Å²) in [5.41, 5.74) is 3.34. The summed E-state index contributed by atoms with van der Waals surface area (Å²) in [6, 6.07) is 18.6. The van der Waals surface area contributed by atoms with Crippen molar-refractivity contribution in [1.29, 1.82) is 0 Å². The van der Waals surface area contributed by atoms with E-state index < -0.39 is 0 Å². The van der Waals surface area contributed by atoms with Gasteiger partial charge in [0.25, 0.3) is 0 Å². The van der Waals surface area contributed by atoms with Crippen LogP contribution in [0.4, 0.5) is 5.69 Å². The molecule has 0 bridgehead atoms. The van der Waals surface area contributed by atoms with Crippen LogP contribution in [0.1, 0.15) is 0 Å². The Bertz CT molecular complexity index is 796. The molecule has 5 rings (SSSR count). The van der Waals surface area contributed by atoms with Crippen molar-refractivity contribution in [1.82, 2.24) is 10.2 Å². The van der Waals surface area contributed by atoms with Crippen molar-refractivity contribution in [3.05, 3.63) is 54.6 Å². The molecule has 2 aromatic rings. The van der Waals surface area contributed by atoms with Crippen LogP contribution in [0.25, 0.3) is 11.1 Å². The molecule has 2 aromatic carbocycles. The second kappa shape index (κ2) is 6.53. The lowest BCUT2D eigenvalue weighted by Gasteiger charge is -2.35. The fraction of sp³-hybridized carbons (Fsp3) is 0.409. The van der Waals surface area contributed by atoms with Crippen LogP contribution in [0.15, 0.2) is 54.6 Å². The van der Waals surface area contributed by atoms with E-state index in [4.69, 9.17) is 0 Å². The van der Waals surface area contributed by atoms with Gasteiger partial charge in [-0.15, -0.1) is 0 Å². The molecular weight excluding hydrogens is 322 g/mol. The smallest absolute Gasteiger partial charge is 0.241 e. The molecular formula is C22H25N3O. The minimum absolute atomic E-state index is 0.226. The zero-order chi connectivity index (χ0) is 17.5. The van der Waals surface area contributed by atoms with Gasteiger partial charge in [-0.3, -0.25) is 9.69 Å². The van der Waals surface area contributed by atoms with Crippen LogP contribution in [0.3, 0.4) is 0 Å². The number of benzene rings is 2. The van der Waals surface area contributed by atoms with Gasteiger partial charge < -0.3 is 10.2 Å².